The average molecular weight is 1150 g/mol. The van der Waals surface area contributed by atoms with E-state index in [1.807, 2.05) is 0 Å². The molecule has 15 fully saturated rings. The van der Waals surface area contributed by atoms with Gasteiger partial charge in [-0.25, -0.2) is 0 Å². The van der Waals surface area contributed by atoms with Crippen molar-refractivity contribution in [3.63, 3.8) is 0 Å². The van der Waals surface area contributed by atoms with Gasteiger partial charge in [-0.15, -0.1) is 0 Å². The zero-order chi connectivity index (χ0) is 59.0. The molecule has 0 radical (unpaired) electrons. The van der Waals surface area contributed by atoms with Gasteiger partial charge in [-0.1, -0.05) is 81.6 Å². The van der Waals surface area contributed by atoms with Gasteiger partial charge in [0.2, 0.25) is 0 Å². The van der Waals surface area contributed by atoms with Gasteiger partial charge in [-0.2, -0.15) is 0 Å². The molecule has 83 heavy (non-hydrogen) atoms. The number of ether oxygens (including phenoxy) is 6. The number of fused-ring (bicyclic) bond motifs is 24. The first kappa shape index (κ1) is 60.1. The molecule has 0 aromatic heterocycles. The van der Waals surface area contributed by atoms with Crippen molar-refractivity contribution in [2.75, 3.05) is 0 Å². The Morgan fingerprint density at radius 2 is 0.759 bits per heavy atom. The number of nitrogens with zero attached hydrogens (tertiary/aromatic N) is 3. The van der Waals surface area contributed by atoms with E-state index >= 15 is 0 Å². The maximum Gasteiger partial charge on any atom is 0.163 e. The Balaban J connectivity index is 0.000000117. The van der Waals surface area contributed by atoms with Crippen molar-refractivity contribution in [2.45, 2.75) is 311 Å². The first-order chi connectivity index (χ1) is 39.1. The highest BCUT2D eigenvalue weighted by atomic mass is 16.8. The standard InChI is InChI=1S/C24H37N3O2.C24H39NO2.C24H38O3/c1-6-14-7-8-16-19-17(10-12-23(14,16)4)24(5)11-9-15(26-27-25)13-18(24)20-21(19)29-22(2,3)28-20;2*1-6-14-7-8-16-19-17(10-12-23(14,16)4)24(5)11-9-15(25)13-18(24)20-21(19)27-22(2,3)26-20/h6,15-21H,7-13H2,1-5H3;6,15-21H,7-13,25H2,1-5H3;6,15-21,25H,7-13H2,1-5H3/b3*14-6-/t2*15-,16?,17?,18?,19?,20+,21+,23+,24+;15-,16?,17?,18?,19?,20-,21-,23-,24-/m001/s1. The maximum absolute atomic E-state index is 10.5. The van der Waals surface area contributed by atoms with E-state index in [0.29, 0.717) is 81.0 Å². The molecule has 15 aliphatic rings. The summed E-state index contributed by atoms with van der Waals surface area (Å²) in [5.74, 6) is 6.09. The predicted molar refractivity (Wildman–Crippen MR) is 327 cm³/mol. The number of rotatable bonds is 1. The molecule has 464 valence electrons. The van der Waals surface area contributed by atoms with Gasteiger partial charge in [-0.3, -0.25) is 0 Å². The van der Waals surface area contributed by atoms with Crippen LogP contribution >= 0.6 is 0 Å². The topological polar surface area (TPSA) is 150 Å². The number of azide groups is 1. The summed E-state index contributed by atoms with van der Waals surface area (Å²) in [6.45, 7) is 34.5. The van der Waals surface area contributed by atoms with E-state index in [9.17, 15) is 5.11 Å². The minimum absolute atomic E-state index is 0.109. The first-order valence-corrected chi connectivity index (χ1v) is 34.6. The molecule has 11 nitrogen and oxygen atoms in total. The van der Waals surface area contributed by atoms with Gasteiger partial charge in [0.15, 0.2) is 17.4 Å². The zero-order valence-corrected chi connectivity index (χ0v) is 54.5. The molecule has 3 N–H and O–H groups in total. The Hall–Kier alpha value is -1.79. The second kappa shape index (κ2) is 20.6. The third kappa shape index (κ3) is 9.10. The van der Waals surface area contributed by atoms with Crippen LogP contribution < -0.4 is 5.73 Å². The Morgan fingerprint density at radius 1 is 0.422 bits per heavy atom. The number of aliphatic hydroxyl groups excluding tert-OH is 1. The van der Waals surface area contributed by atoms with Crippen molar-refractivity contribution in [1.82, 2.24) is 0 Å². The molecular weight excluding hydrogens is 1030 g/mol. The Kier molecular flexibility index (Phi) is 14.9. The SMILES string of the molecule is C/C=C1/CCC2C3C(CC[C@]12C)[C@@]1(C)CC[C@@H](O)CC1[C@H]1OC(C)(C)O[C@H]31.C/C=C1/CCC2C3C(CC[C@]12C)[C@@]1(C)CC[C@H](N)CC1[C@H]1OC(C)(C)O[C@H]31.C/C=C1/CCC2C3C(CC[C@]12C)[C@@]1(C)CC[C@H](N=[N+]=[N-])CC1[C@H]1OC(C)(C)O[C@H]31. The van der Waals surface area contributed by atoms with E-state index in [2.05, 4.69) is 132 Å². The highest BCUT2D eigenvalue weighted by Crippen LogP contribution is 2.73. The van der Waals surface area contributed by atoms with E-state index in [1.165, 1.54) is 89.9 Å². The molecule has 3 heterocycles. The van der Waals surface area contributed by atoms with Crippen LogP contribution in [-0.2, 0) is 28.4 Å². The lowest BCUT2D eigenvalue weighted by Gasteiger charge is -2.63. The maximum atomic E-state index is 10.5. The summed E-state index contributed by atoms with van der Waals surface area (Å²) in [7, 11) is 0. The molecule has 0 amide bonds. The summed E-state index contributed by atoms with van der Waals surface area (Å²) in [6, 6.07) is 0.445. The van der Waals surface area contributed by atoms with Crippen molar-refractivity contribution in [3.8, 4) is 0 Å². The Bertz CT molecular complexity index is 2530. The summed E-state index contributed by atoms with van der Waals surface area (Å²) in [4.78, 5) is 3.13. The third-order valence-electron chi connectivity index (χ3n) is 29.4. The van der Waals surface area contributed by atoms with Crippen LogP contribution in [0.15, 0.2) is 40.1 Å². The second-order valence-electron chi connectivity index (χ2n) is 33.9. The van der Waals surface area contributed by atoms with E-state index in [0.717, 1.165) is 62.7 Å². The lowest BCUT2D eigenvalue weighted by Crippen LogP contribution is -2.63. The molecule has 12 saturated carbocycles. The van der Waals surface area contributed by atoms with Crippen molar-refractivity contribution < 1.29 is 33.5 Å². The van der Waals surface area contributed by atoms with Crippen LogP contribution in [0, 0.1) is 104 Å². The molecule has 12 unspecified atom stereocenters. The van der Waals surface area contributed by atoms with Crippen LogP contribution in [0.5, 0.6) is 0 Å². The second-order valence-corrected chi connectivity index (χ2v) is 33.9. The fraction of sp³-hybridized carbons (Fsp3) is 0.917. The molecule has 15 rings (SSSR count). The molecule has 0 bridgehead atoms. The molecule has 11 heteroatoms. The van der Waals surface area contributed by atoms with Crippen LogP contribution in [0.2, 0.25) is 0 Å². The predicted octanol–water partition coefficient (Wildman–Crippen LogP) is 16.5. The molecule has 3 aliphatic heterocycles. The number of aliphatic hydroxyl groups is 1. The molecule has 0 aromatic carbocycles. The summed E-state index contributed by atoms with van der Waals surface area (Å²) >= 11 is 0. The summed E-state index contributed by atoms with van der Waals surface area (Å²) in [5.41, 5.74) is 22.5. The van der Waals surface area contributed by atoms with Crippen molar-refractivity contribution in [2.24, 2.45) is 114 Å². The highest BCUT2D eigenvalue weighted by Gasteiger charge is 2.72. The van der Waals surface area contributed by atoms with Crippen LogP contribution in [0.3, 0.4) is 0 Å². The lowest BCUT2D eigenvalue weighted by atomic mass is 9.43. The first-order valence-electron chi connectivity index (χ1n) is 34.6. The monoisotopic (exact) mass is 1150 g/mol. The minimum atomic E-state index is -0.521. The van der Waals surface area contributed by atoms with E-state index in [-0.39, 0.29) is 59.6 Å². The van der Waals surface area contributed by atoms with Gasteiger partial charge in [0.05, 0.1) is 42.7 Å². The van der Waals surface area contributed by atoms with Crippen molar-refractivity contribution in [3.05, 3.63) is 45.4 Å². The highest BCUT2D eigenvalue weighted by molar-refractivity contribution is 5.29. The van der Waals surface area contributed by atoms with E-state index < -0.39 is 17.4 Å². The number of nitrogens with two attached hydrogens (primary N) is 1. The Morgan fingerprint density at radius 3 is 1.13 bits per heavy atom. The van der Waals surface area contributed by atoms with Crippen LogP contribution in [0.4, 0.5) is 0 Å². The third-order valence-corrected chi connectivity index (χ3v) is 29.4. The number of hydrogen-bond donors (Lipinski definition) is 2. The van der Waals surface area contributed by atoms with Gasteiger partial charge < -0.3 is 39.3 Å². The minimum Gasteiger partial charge on any atom is -0.393 e. The quantitative estimate of drug-likeness (QED) is 0.114. The van der Waals surface area contributed by atoms with Gasteiger partial charge >= 0.3 is 0 Å². The number of hydrogen-bond acceptors (Lipinski definition) is 9. The van der Waals surface area contributed by atoms with E-state index in [4.69, 9.17) is 39.7 Å². The number of allylic oxidation sites excluding steroid dienone is 6. The molecule has 27 atom stereocenters. The molecule has 12 aliphatic carbocycles. The zero-order valence-electron chi connectivity index (χ0n) is 54.5. The van der Waals surface area contributed by atoms with Gasteiger partial charge in [-0.05, 0) is 306 Å². The van der Waals surface area contributed by atoms with Crippen LogP contribution in [0.25, 0.3) is 10.4 Å². The molecule has 0 aromatic rings. The van der Waals surface area contributed by atoms with Gasteiger partial charge in [0.1, 0.15) is 0 Å². The molecular formula is C72H114N4O7. The summed E-state index contributed by atoms with van der Waals surface area (Å²) in [5, 5.41) is 14.6. The molecule has 0 spiro atoms. The molecule has 3 saturated heterocycles. The van der Waals surface area contributed by atoms with Crippen LogP contribution in [0.1, 0.15) is 239 Å². The summed E-state index contributed by atoms with van der Waals surface area (Å²) < 4.78 is 39.9. The average Bonchev–Trinajstić information content (AvgIpc) is 2.56. The Labute approximate surface area is 501 Å². The lowest BCUT2D eigenvalue weighted by molar-refractivity contribution is -0.182. The fourth-order valence-corrected chi connectivity index (χ4v) is 25.7. The van der Waals surface area contributed by atoms with Crippen molar-refractivity contribution >= 4 is 0 Å². The summed E-state index contributed by atoms with van der Waals surface area (Å²) in [6.07, 6.45) is 33.6. The van der Waals surface area contributed by atoms with Crippen molar-refractivity contribution in [1.29, 1.82) is 0 Å². The van der Waals surface area contributed by atoms with Gasteiger partial charge in [0.25, 0.3) is 0 Å². The van der Waals surface area contributed by atoms with Crippen LogP contribution in [-0.4, -0.2) is 77.3 Å². The van der Waals surface area contributed by atoms with E-state index in [1.54, 1.807) is 16.7 Å². The largest absolute Gasteiger partial charge is 0.393 e. The normalized spacial score (nSPS) is 56.4. The fourth-order valence-electron chi connectivity index (χ4n) is 25.7. The van der Waals surface area contributed by atoms with Gasteiger partial charge in [0, 0.05) is 17.0 Å². The smallest absolute Gasteiger partial charge is 0.163 e.